The molecule has 0 radical (unpaired) electrons. The Kier molecular flexibility index (Phi) is 3.57. The number of aromatic nitrogens is 1. The van der Waals surface area contributed by atoms with Crippen molar-refractivity contribution in [1.29, 1.82) is 0 Å². The van der Waals surface area contributed by atoms with E-state index in [2.05, 4.69) is 4.98 Å². The molecule has 1 N–H and O–H groups in total. The third-order valence-electron chi connectivity index (χ3n) is 4.22. The Balaban J connectivity index is 1.62. The van der Waals surface area contributed by atoms with Crippen LogP contribution in [0.25, 0.3) is 0 Å². The molecule has 2 aliphatic heterocycles. The van der Waals surface area contributed by atoms with Crippen molar-refractivity contribution in [3.8, 4) is 11.5 Å². The molecule has 1 aromatic carbocycles. The predicted molar refractivity (Wildman–Crippen MR) is 85.4 cm³/mol. The normalized spacial score (nSPS) is 19.8. The zero-order chi connectivity index (χ0) is 15.8. The maximum atomic E-state index is 12.6. The van der Waals surface area contributed by atoms with Gasteiger partial charge in [0, 0.05) is 11.9 Å². The van der Waals surface area contributed by atoms with Crippen LogP contribution in [0.4, 0.5) is 0 Å². The molecule has 1 unspecified atom stereocenters. The first-order valence-corrected chi connectivity index (χ1v) is 8.48. The predicted octanol–water partition coefficient (Wildman–Crippen LogP) is 2.18. The lowest BCUT2D eigenvalue weighted by atomic mass is 10.0. The van der Waals surface area contributed by atoms with Crippen LogP contribution in [0.2, 0.25) is 0 Å². The number of thiazole rings is 1. The fraction of sp³-hybridized carbons (Fsp3) is 0.375. The van der Waals surface area contributed by atoms with Crippen molar-refractivity contribution in [2.45, 2.75) is 18.9 Å². The highest BCUT2D eigenvalue weighted by Gasteiger charge is 2.32. The largest absolute Gasteiger partial charge is 0.486 e. The molecule has 0 aliphatic carbocycles. The van der Waals surface area contributed by atoms with Crippen molar-refractivity contribution in [1.82, 2.24) is 9.88 Å². The standard InChI is InChI=1S/C16H16N2O4S/c19-15(11-9-23-16(20)17-11)18-5-1-2-12(18)10-3-4-13-14(8-10)22-7-6-21-13/h3-4,8-9,12H,1-2,5-7H2,(H,17,20). The number of rotatable bonds is 2. The van der Waals surface area contributed by atoms with E-state index in [1.807, 2.05) is 23.1 Å². The highest BCUT2D eigenvalue weighted by atomic mass is 32.1. The smallest absolute Gasteiger partial charge is 0.305 e. The first-order valence-electron chi connectivity index (χ1n) is 7.61. The van der Waals surface area contributed by atoms with Crippen LogP contribution in [-0.2, 0) is 0 Å². The summed E-state index contributed by atoms with van der Waals surface area (Å²) in [5.41, 5.74) is 1.40. The number of aromatic amines is 1. The maximum absolute atomic E-state index is 12.6. The molecule has 2 aromatic rings. The lowest BCUT2D eigenvalue weighted by molar-refractivity contribution is 0.0730. The monoisotopic (exact) mass is 332 g/mol. The second-order valence-corrected chi connectivity index (χ2v) is 6.46. The van der Waals surface area contributed by atoms with E-state index in [0.717, 1.165) is 41.2 Å². The summed E-state index contributed by atoms with van der Waals surface area (Å²) in [4.78, 5) is 28.1. The van der Waals surface area contributed by atoms with Crippen LogP contribution >= 0.6 is 11.3 Å². The van der Waals surface area contributed by atoms with E-state index in [4.69, 9.17) is 9.47 Å². The lowest BCUT2D eigenvalue weighted by Gasteiger charge is -2.26. The maximum Gasteiger partial charge on any atom is 0.305 e. The summed E-state index contributed by atoms with van der Waals surface area (Å²) < 4.78 is 11.2. The molecule has 0 bridgehead atoms. The van der Waals surface area contributed by atoms with Crippen LogP contribution in [-0.4, -0.2) is 35.5 Å². The molecule has 1 aromatic heterocycles. The van der Waals surface area contributed by atoms with E-state index < -0.39 is 0 Å². The average molecular weight is 332 g/mol. The highest BCUT2D eigenvalue weighted by Crippen LogP contribution is 2.38. The third-order valence-corrected chi connectivity index (χ3v) is 4.89. The van der Waals surface area contributed by atoms with Crippen molar-refractivity contribution in [3.63, 3.8) is 0 Å². The summed E-state index contributed by atoms with van der Waals surface area (Å²) in [6.45, 7) is 1.79. The number of amides is 1. The molecule has 1 atom stereocenters. The number of nitrogens with zero attached hydrogens (tertiary/aromatic N) is 1. The number of hydrogen-bond acceptors (Lipinski definition) is 5. The van der Waals surface area contributed by atoms with Gasteiger partial charge in [0.05, 0.1) is 6.04 Å². The molecule has 1 saturated heterocycles. The first-order chi connectivity index (χ1) is 11.2. The Bertz CT molecular complexity index is 797. The molecule has 7 heteroatoms. The van der Waals surface area contributed by atoms with Crippen LogP contribution in [0, 0.1) is 0 Å². The summed E-state index contributed by atoms with van der Waals surface area (Å²) >= 11 is 1.01. The fourth-order valence-corrected chi connectivity index (χ4v) is 3.72. The van der Waals surface area contributed by atoms with Gasteiger partial charge in [-0.3, -0.25) is 9.59 Å². The summed E-state index contributed by atoms with van der Waals surface area (Å²) in [6, 6.07) is 5.85. The number of ether oxygens (including phenoxy) is 2. The molecule has 120 valence electrons. The van der Waals surface area contributed by atoms with Crippen molar-refractivity contribution in [2.75, 3.05) is 19.8 Å². The van der Waals surface area contributed by atoms with E-state index in [-0.39, 0.29) is 16.8 Å². The Labute approximate surface area is 136 Å². The van der Waals surface area contributed by atoms with Crippen molar-refractivity contribution < 1.29 is 14.3 Å². The second-order valence-electron chi connectivity index (χ2n) is 5.62. The van der Waals surface area contributed by atoms with Crippen LogP contribution in [0.15, 0.2) is 28.4 Å². The Morgan fingerprint density at radius 2 is 2.09 bits per heavy atom. The Hall–Kier alpha value is -2.28. The second kappa shape index (κ2) is 5.73. The van der Waals surface area contributed by atoms with E-state index in [1.165, 1.54) is 0 Å². The molecule has 3 heterocycles. The van der Waals surface area contributed by atoms with Crippen molar-refractivity contribution in [2.24, 2.45) is 0 Å². The molecular weight excluding hydrogens is 316 g/mol. The number of nitrogens with one attached hydrogen (secondary N) is 1. The van der Waals surface area contributed by atoms with Gasteiger partial charge in [-0.15, -0.1) is 0 Å². The van der Waals surface area contributed by atoms with E-state index in [1.54, 1.807) is 5.38 Å². The summed E-state index contributed by atoms with van der Waals surface area (Å²) in [5.74, 6) is 1.36. The van der Waals surface area contributed by atoms with Gasteiger partial charge in [-0.25, -0.2) is 0 Å². The van der Waals surface area contributed by atoms with Gasteiger partial charge in [0.2, 0.25) is 0 Å². The molecule has 23 heavy (non-hydrogen) atoms. The molecule has 0 spiro atoms. The van der Waals surface area contributed by atoms with Crippen molar-refractivity contribution >= 4 is 17.2 Å². The van der Waals surface area contributed by atoms with Gasteiger partial charge in [0.1, 0.15) is 18.9 Å². The number of carbonyl (C=O) groups is 1. The first kappa shape index (κ1) is 14.3. The number of carbonyl (C=O) groups excluding carboxylic acids is 1. The number of fused-ring (bicyclic) bond motifs is 1. The van der Waals surface area contributed by atoms with E-state index in [0.29, 0.717) is 25.5 Å². The van der Waals surface area contributed by atoms with Gasteiger partial charge < -0.3 is 19.4 Å². The topological polar surface area (TPSA) is 71.6 Å². The van der Waals surface area contributed by atoms with Gasteiger partial charge >= 0.3 is 4.87 Å². The van der Waals surface area contributed by atoms with E-state index >= 15 is 0 Å². The molecule has 1 amide bonds. The molecule has 4 rings (SSSR count). The summed E-state index contributed by atoms with van der Waals surface area (Å²) in [6.07, 6.45) is 1.85. The van der Waals surface area contributed by atoms with Crippen molar-refractivity contribution in [3.05, 3.63) is 44.5 Å². The summed E-state index contributed by atoms with van der Waals surface area (Å²) in [7, 11) is 0. The molecule has 2 aliphatic rings. The number of H-pyrrole nitrogens is 1. The minimum absolute atomic E-state index is 0.00160. The fourth-order valence-electron chi connectivity index (χ4n) is 3.16. The van der Waals surface area contributed by atoms with Crippen LogP contribution in [0.3, 0.4) is 0 Å². The van der Waals surface area contributed by atoms with Gasteiger partial charge in [0.25, 0.3) is 5.91 Å². The van der Waals surface area contributed by atoms with Crippen LogP contribution < -0.4 is 14.3 Å². The Morgan fingerprint density at radius 1 is 1.26 bits per heavy atom. The van der Waals surface area contributed by atoms with Gasteiger partial charge in [-0.2, -0.15) is 0 Å². The molecule has 6 nitrogen and oxygen atoms in total. The average Bonchev–Trinajstić information content (AvgIpc) is 3.23. The van der Waals surface area contributed by atoms with Crippen LogP contribution in [0.1, 0.15) is 34.9 Å². The van der Waals surface area contributed by atoms with Gasteiger partial charge in [0.15, 0.2) is 11.5 Å². The van der Waals surface area contributed by atoms with Gasteiger partial charge in [-0.1, -0.05) is 17.4 Å². The zero-order valence-corrected chi connectivity index (χ0v) is 13.2. The summed E-state index contributed by atoms with van der Waals surface area (Å²) in [5, 5.41) is 1.59. The Morgan fingerprint density at radius 3 is 2.87 bits per heavy atom. The zero-order valence-electron chi connectivity index (χ0n) is 12.4. The minimum atomic E-state index is -0.205. The van der Waals surface area contributed by atoms with Crippen LogP contribution in [0.5, 0.6) is 11.5 Å². The van der Waals surface area contributed by atoms with Gasteiger partial charge in [-0.05, 0) is 30.5 Å². The van der Waals surface area contributed by atoms with E-state index in [9.17, 15) is 9.59 Å². The number of benzene rings is 1. The molecular formula is C16H16N2O4S. The number of likely N-dealkylation sites (tertiary alicyclic amines) is 1. The lowest BCUT2D eigenvalue weighted by Crippen LogP contribution is -2.31. The SMILES string of the molecule is O=C(c1csc(=O)[nH]1)N1CCCC1c1ccc2c(c1)OCCO2. The quantitative estimate of drug-likeness (QED) is 0.915. The number of hydrogen-bond donors (Lipinski definition) is 1. The highest BCUT2D eigenvalue weighted by molar-refractivity contribution is 7.07. The minimum Gasteiger partial charge on any atom is -0.486 e. The molecule has 1 fully saturated rings. The third kappa shape index (κ3) is 2.61. The molecule has 0 saturated carbocycles.